The monoisotopic (exact) mass is 253 g/mol. The van der Waals surface area contributed by atoms with E-state index >= 15 is 0 Å². The van der Waals surface area contributed by atoms with E-state index in [1.807, 2.05) is 13.0 Å². The molecule has 0 aliphatic carbocycles. The highest BCUT2D eigenvalue weighted by atomic mass is 19.1. The first-order chi connectivity index (χ1) is 8.79. The molecular weight excluding hydrogens is 233 g/mol. The van der Waals surface area contributed by atoms with Gasteiger partial charge in [0.15, 0.2) is 11.6 Å². The van der Waals surface area contributed by atoms with Gasteiger partial charge in [0.1, 0.15) is 0 Å². The van der Waals surface area contributed by atoms with Crippen molar-refractivity contribution in [3.05, 3.63) is 24.0 Å². The van der Waals surface area contributed by atoms with Crippen LogP contribution in [0.1, 0.15) is 26.2 Å². The summed E-state index contributed by atoms with van der Waals surface area (Å²) >= 11 is 0. The molecule has 0 spiro atoms. The van der Waals surface area contributed by atoms with Crippen LogP contribution in [-0.4, -0.2) is 25.9 Å². The molecule has 4 heteroatoms. The molecule has 1 fully saturated rings. The molecule has 1 aliphatic rings. The zero-order valence-electron chi connectivity index (χ0n) is 10.7. The number of anilines is 1. The van der Waals surface area contributed by atoms with Crippen molar-refractivity contribution in [3.8, 4) is 5.75 Å². The first kappa shape index (κ1) is 13.1. The molecule has 3 nitrogen and oxygen atoms in total. The number of halogens is 1. The van der Waals surface area contributed by atoms with Gasteiger partial charge >= 0.3 is 0 Å². The molecule has 0 aromatic heterocycles. The third-order valence-electron chi connectivity index (χ3n) is 3.05. The number of ether oxygens (including phenoxy) is 2. The Morgan fingerprint density at radius 2 is 2.39 bits per heavy atom. The van der Waals surface area contributed by atoms with Crippen LogP contribution < -0.4 is 10.1 Å². The average molecular weight is 253 g/mol. The third kappa shape index (κ3) is 3.60. The molecule has 100 valence electrons. The van der Waals surface area contributed by atoms with Gasteiger partial charge in [-0.05, 0) is 38.3 Å². The molecule has 0 amide bonds. The molecule has 0 bridgehead atoms. The molecule has 1 aliphatic heterocycles. The van der Waals surface area contributed by atoms with Crippen LogP contribution in [0.25, 0.3) is 0 Å². The van der Waals surface area contributed by atoms with Gasteiger partial charge in [-0.3, -0.25) is 0 Å². The second kappa shape index (κ2) is 6.59. The van der Waals surface area contributed by atoms with Gasteiger partial charge < -0.3 is 14.8 Å². The summed E-state index contributed by atoms with van der Waals surface area (Å²) in [5.74, 6) is -0.0128. The Labute approximate surface area is 107 Å². The maximum Gasteiger partial charge on any atom is 0.167 e. The summed E-state index contributed by atoms with van der Waals surface area (Å²) in [7, 11) is 0. The smallest absolute Gasteiger partial charge is 0.167 e. The zero-order valence-corrected chi connectivity index (χ0v) is 10.7. The van der Waals surface area contributed by atoms with Gasteiger partial charge in [-0.25, -0.2) is 4.39 Å². The van der Waals surface area contributed by atoms with Crippen molar-refractivity contribution in [1.29, 1.82) is 0 Å². The molecule has 1 heterocycles. The number of hydrogen-bond donors (Lipinski definition) is 1. The number of nitrogens with one attached hydrogen (secondary N) is 1. The second-order valence-corrected chi connectivity index (χ2v) is 4.43. The predicted octanol–water partition coefficient (Wildman–Crippen LogP) is 3.21. The normalized spacial score (nSPS) is 18.9. The van der Waals surface area contributed by atoms with E-state index in [2.05, 4.69) is 5.32 Å². The Morgan fingerprint density at radius 1 is 1.50 bits per heavy atom. The summed E-state index contributed by atoms with van der Waals surface area (Å²) in [4.78, 5) is 0. The summed E-state index contributed by atoms with van der Waals surface area (Å²) < 4.78 is 24.3. The summed E-state index contributed by atoms with van der Waals surface area (Å²) in [5, 5.41) is 3.21. The van der Waals surface area contributed by atoms with Crippen molar-refractivity contribution in [3.63, 3.8) is 0 Å². The number of benzene rings is 1. The van der Waals surface area contributed by atoms with Gasteiger partial charge in [-0.15, -0.1) is 0 Å². The molecule has 0 saturated carbocycles. The molecule has 2 rings (SSSR count). The summed E-state index contributed by atoms with van der Waals surface area (Å²) in [6.07, 6.45) is 3.63. The minimum absolute atomic E-state index is 0.308. The highest BCUT2D eigenvalue weighted by molar-refractivity contribution is 5.47. The molecule has 1 N–H and O–H groups in total. The van der Waals surface area contributed by atoms with E-state index in [4.69, 9.17) is 9.47 Å². The van der Waals surface area contributed by atoms with Crippen LogP contribution in [-0.2, 0) is 4.74 Å². The van der Waals surface area contributed by atoms with Crippen LogP contribution in [0.4, 0.5) is 10.1 Å². The Morgan fingerprint density at radius 3 is 3.06 bits per heavy atom. The first-order valence-corrected chi connectivity index (χ1v) is 6.57. The van der Waals surface area contributed by atoms with Crippen LogP contribution in [0, 0.1) is 5.82 Å². The van der Waals surface area contributed by atoms with E-state index in [1.54, 1.807) is 6.07 Å². The van der Waals surface area contributed by atoms with Crippen LogP contribution in [0.3, 0.4) is 0 Å². The molecule has 0 radical (unpaired) electrons. The fraction of sp³-hybridized carbons (Fsp3) is 0.571. The van der Waals surface area contributed by atoms with E-state index in [1.165, 1.54) is 6.07 Å². The van der Waals surface area contributed by atoms with E-state index in [9.17, 15) is 4.39 Å². The maximum absolute atomic E-state index is 13.6. The fourth-order valence-electron chi connectivity index (χ4n) is 2.13. The largest absolute Gasteiger partial charge is 0.491 e. The van der Waals surface area contributed by atoms with E-state index in [-0.39, 0.29) is 5.82 Å². The molecule has 1 saturated heterocycles. The Bertz CT molecular complexity index is 378. The first-order valence-electron chi connectivity index (χ1n) is 6.57. The van der Waals surface area contributed by atoms with Gasteiger partial charge in [-0.2, -0.15) is 0 Å². The standard InChI is InChI=1S/C14H20FNO2/c1-2-17-14-6-5-11(10-13(14)15)16-8-7-12-4-3-9-18-12/h5-6,10,12,16H,2-4,7-9H2,1H3. The van der Waals surface area contributed by atoms with Crippen molar-refractivity contribution >= 4 is 5.69 Å². The molecule has 1 aromatic rings. The quantitative estimate of drug-likeness (QED) is 0.844. The maximum atomic E-state index is 13.6. The van der Waals surface area contributed by atoms with Gasteiger partial charge in [0, 0.05) is 24.9 Å². The summed E-state index contributed by atoms with van der Waals surface area (Å²) in [6, 6.07) is 4.97. The molecular formula is C14H20FNO2. The summed E-state index contributed by atoms with van der Waals surface area (Å²) in [6.45, 7) is 4.00. The van der Waals surface area contributed by atoms with Crippen LogP contribution in [0.2, 0.25) is 0 Å². The van der Waals surface area contributed by atoms with Gasteiger partial charge in [0.2, 0.25) is 0 Å². The van der Waals surface area contributed by atoms with Gasteiger partial charge in [0.25, 0.3) is 0 Å². The third-order valence-corrected chi connectivity index (χ3v) is 3.05. The fourth-order valence-corrected chi connectivity index (χ4v) is 2.13. The van der Waals surface area contributed by atoms with Crippen molar-refractivity contribution in [2.24, 2.45) is 0 Å². The number of rotatable bonds is 6. The highest BCUT2D eigenvalue weighted by Gasteiger charge is 2.14. The molecule has 1 unspecified atom stereocenters. The van der Waals surface area contributed by atoms with Crippen LogP contribution in [0.5, 0.6) is 5.75 Å². The average Bonchev–Trinajstić information content (AvgIpc) is 2.86. The van der Waals surface area contributed by atoms with Crippen molar-refractivity contribution in [2.45, 2.75) is 32.3 Å². The molecule has 1 atom stereocenters. The lowest BCUT2D eigenvalue weighted by molar-refractivity contribution is 0.107. The van der Waals surface area contributed by atoms with E-state index in [0.29, 0.717) is 18.5 Å². The second-order valence-electron chi connectivity index (χ2n) is 4.43. The van der Waals surface area contributed by atoms with Crippen LogP contribution in [0.15, 0.2) is 18.2 Å². The minimum atomic E-state index is -0.320. The van der Waals surface area contributed by atoms with E-state index < -0.39 is 0 Å². The van der Waals surface area contributed by atoms with Crippen molar-refractivity contribution < 1.29 is 13.9 Å². The minimum Gasteiger partial charge on any atom is -0.491 e. The Kier molecular flexibility index (Phi) is 4.81. The topological polar surface area (TPSA) is 30.5 Å². The Balaban J connectivity index is 1.80. The lowest BCUT2D eigenvalue weighted by Crippen LogP contribution is -2.12. The predicted molar refractivity (Wildman–Crippen MR) is 69.6 cm³/mol. The van der Waals surface area contributed by atoms with Gasteiger partial charge in [0.05, 0.1) is 12.7 Å². The van der Waals surface area contributed by atoms with Gasteiger partial charge in [-0.1, -0.05) is 0 Å². The van der Waals surface area contributed by atoms with Crippen molar-refractivity contribution in [2.75, 3.05) is 25.1 Å². The highest BCUT2D eigenvalue weighted by Crippen LogP contribution is 2.21. The lowest BCUT2D eigenvalue weighted by Gasteiger charge is -2.12. The van der Waals surface area contributed by atoms with E-state index in [0.717, 1.165) is 38.1 Å². The van der Waals surface area contributed by atoms with Crippen molar-refractivity contribution in [1.82, 2.24) is 0 Å². The lowest BCUT2D eigenvalue weighted by atomic mass is 10.2. The zero-order chi connectivity index (χ0) is 12.8. The summed E-state index contributed by atoms with van der Waals surface area (Å²) in [5.41, 5.74) is 0.786. The van der Waals surface area contributed by atoms with Crippen LogP contribution >= 0.6 is 0 Å². The number of hydrogen-bond acceptors (Lipinski definition) is 3. The SMILES string of the molecule is CCOc1ccc(NCCC2CCCO2)cc1F. The molecule has 1 aromatic carbocycles. The Hall–Kier alpha value is -1.29. The molecule has 18 heavy (non-hydrogen) atoms.